The van der Waals surface area contributed by atoms with Crippen molar-refractivity contribution in [3.63, 3.8) is 0 Å². The Labute approximate surface area is 173 Å². The lowest BCUT2D eigenvalue weighted by Gasteiger charge is -2.22. The first kappa shape index (κ1) is 20.6. The molecule has 0 bridgehead atoms. The van der Waals surface area contributed by atoms with Gasteiger partial charge in [0, 0.05) is 42.5 Å². The van der Waals surface area contributed by atoms with Crippen LogP contribution >= 0.6 is 23.2 Å². The van der Waals surface area contributed by atoms with Gasteiger partial charge in [0.05, 0.1) is 11.6 Å². The number of anilines is 1. The number of nitrogens with zero attached hydrogens (tertiary/aromatic N) is 2. The van der Waals surface area contributed by atoms with E-state index in [-0.39, 0.29) is 23.4 Å². The highest BCUT2D eigenvalue weighted by atomic mass is 35.5. The Hall–Kier alpha value is -2.15. The molecule has 0 radical (unpaired) electrons. The van der Waals surface area contributed by atoms with Gasteiger partial charge in [0.25, 0.3) is 5.91 Å². The molecule has 1 aliphatic rings. The maximum atomic E-state index is 13.2. The van der Waals surface area contributed by atoms with Crippen LogP contribution in [0.4, 0.5) is 10.1 Å². The Balaban J connectivity index is 1.54. The zero-order chi connectivity index (χ0) is 20.1. The van der Waals surface area contributed by atoms with Crippen molar-refractivity contribution in [2.75, 3.05) is 38.0 Å². The molecule has 0 aliphatic carbocycles. The average Bonchev–Trinajstić information content (AvgIpc) is 2.89. The van der Waals surface area contributed by atoms with E-state index in [1.54, 1.807) is 29.2 Å². The van der Waals surface area contributed by atoms with Gasteiger partial charge in [-0.1, -0.05) is 29.3 Å². The highest BCUT2D eigenvalue weighted by Gasteiger charge is 2.21. The van der Waals surface area contributed by atoms with E-state index in [1.807, 2.05) is 4.90 Å². The van der Waals surface area contributed by atoms with Gasteiger partial charge in [0.2, 0.25) is 5.91 Å². The summed E-state index contributed by atoms with van der Waals surface area (Å²) in [7, 11) is 0. The lowest BCUT2D eigenvalue weighted by molar-refractivity contribution is -0.117. The van der Waals surface area contributed by atoms with Gasteiger partial charge >= 0.3 is 0 Å². The van der Waals surface area contributed by atoms with Gasteiger partial charge in [0.15, 0.2) is 0 Å². The second kappa shape index (κ2) is 9.37. The number of halogens is 3. The average molecular weight is 424 g/mol. The quantitative estimate of drug-likeness (QED) is 0.810. The molecule has 2 aromatic rings. The van der Waals surface area contributed by atoms with Crippen LogP contribution in [0.15, 0.2) is 42.5 Å². The lowest BCUT2D eigenvalue weighted by atomic mass is 10.2. The summed E-state index contributed by atoms with van der Waals surface area (Å²) in [6, 6.07) is 11.0. The maximum Gasteiger partial charge on any atom is 0.253 e. The predicted molar refractivity (Wildman–Crippen MR) is 108 cm³/mol. The van der Waals surface area contributed by atoms with Gasteiger partial charge in [-0.3, -0.25) is 14.5 Å². The van der Waals surface area contributed by atoms with Crippen molar-refractivity contribution < 1.29 is 14.0 Å². The number of amides is 2. The minimum Gasteiger partial charge on any atom is -0.337 e. The molecule has 1 fully saturated rings. The minimum absolute atomic E-state index is 0.0391. The van der Waals surface area contributed by atoms with Gasteiger partial charge in [-0.2, -0.15) is 0 Å². The molecular formula is C20H20Cl2FN3O2. The van der Waals surface area contributed by atoms with Crippen molar-refractivity contribution in [2.24, 2.45) is 0 Å². The summed E-state index contributed by atoms with van der Waals surface area (Å²) in [4.78, 5) is 28.7. The Morgan fingerprint density at radius 2 is 1.86 bits per heavy atom. The monoisotopic (exact) mass is 423 g/mol. The summed E-state index contributed by atoms with van der Waals surface area (Å²) < 4.78 is 13.2. The highest BCUT2D eigenvalue weighted by molar-refractivity contribution is 6.31. The first-order chi connectivity index (χ1) is 13.4. The van der Waals surface area contributed by atoms with Crippen LogP contribution < -0.4 is 5.32 Å². The van der Waals surface area contributed by atoms with Crippen LogP contribution in [0.1, 0.15) is 16.8 Å². The normalized spacial score (nSPS) is 15.2. The van der Waals surface area contributed by atoms with Gasteiger partial charge < -0.3 is 10.2 Å². The molecule has 0 unspecified atom stereocenters. The van der Waals surface area contributed by atoms with Crippen LogP contribution in [0.5, 0.6) is 0 Å². The molecule has 2 aromatic carbocycles. The minimum atomic E-state index is -0.531. The third kappa shape index (κ3) is 5.44. The van der Waals surface area contributed by atoms with E-state index in [0.717, 1.165) is 6.42 Å². The maximum absolute atomic E-state index is 13.2. The fourth-order valence-electron chi connectivity index (χ4n) is 3.11. The van der Waals surface area contributed by atoms with E-state index >= 15 is 0 Å². The summed E-state index contributed by atoms with van der Waals surface area (Å²) in [5.74, 6) is -0.802. The molecule has 1 N–H and O–H groups in total. The molecule has 0 atom stereocenters. The molecule has 3 rings (SSSR count). The van der Waals surface area contributed by atoms with Crippen LogP contribution in [-0.2, 0) is 4.79 Å². The van der Waals surface area contributed by atoms with Crippen molar-refractivity contribution >= 4 is 40.7 Å². The van der Waals surface area contributed by atoms with E-state index < -0.39 is 5.82 Å². The SMILES string of the molecule is O=C(CN1CCCN(C(=O)c2cccc(Cl)c2)CC1)Nc1ccc(F)c(Cl)c1. The molecule has 0 saturated carbocycles. The third-order valence-electron chi connectivity index (χ3n) is 4.52. The topological polar surface area (TPSA) is 52.7 Å². The second-order valence-corrected chi connectivity index (χ2v) is 7.45. The van der Waals surface area contributed by atoms with Crippen molar-refractivity contribution in [1.29, 1.82) is 0 Å². The van der Waals surface area contributed by atoms with Crippen LogP contribution in [0, 0.1) is 5.82 Å². The van der Waals surface area contributed by atoms with E-state index in [4.69, 9.17) is 23.2 Å². The molecule has 1 saturated heterocycles. The number of hydrogen-bond donors (Lipinski definition) is 1. The summed E-state index contributed by atoms with van der Waals surface area (Å²) in [6.07, 6.45) is 0.766. The smallest absolute Gasteiger partial charge is 0.253 e. The van der Waals surface area contributed by atoms with Crippen molar-refractivity contribution in [1.82, 2.24) is 9.80 Å². The molecule has 148 valence electrons. The molecular weight excluding hydrogens is 404 g/mol. The van der Waals surface area contributed by atoms with Gasteiger partial charge in [-0.15, -0.1) is 0 Å². The zero-order valence-corrected chi connectivity index (χ0v) is 16.6. The number of nitrogens with one attached hydrogen (secondary N) is 1. The zero-order valence-electron chi connectivity index (χ0n) is 15.1. The van der Waals surface area contributed by atoms with Gasteiger partial charge in [-0.25, -0.2) is 4.39 Å². The first-order valence-corrected chi connectivity index (χ1v) is 9.70. The van der Waals surface area contributed by atoms with E-state index in [2.05, 4.69) is 5.32 Å². The Bertz CT molecular complexity index is 878. The molecule has 2 amide bonds. The van der Waals surface area contributed by atoms with Crippen molar-refractivity contribution in [3.8, 4) is 0 Å². The van der Waals surface area contributed by atoms with Crippen LogP contribution in [0.3, 0.4) is 0 Å². The number of hydrogen-bond acceptors (Lipinski definition) is 3. The number of rotatable bonds is 4. The number of carbonyl (C=O) groups excluding carboxylic acids is 2. The Kier molecular flexibility index (Phi) is 6.88. The summed E-state index contributed by atoms with van der Waals surface area (Å²) in [5.41, 5.74) is 1.01. The predicted octanol–water partition coefficient (Wildman–Crippen LogP) is 3.92. The molecule has 1 aliphatic heterocycles. The Morgan fingerprint density at radius 3 is 2.61 bits per heavy atom. The summed E-state index contributed by atoms with van der Waals surface area (Å²) >= 11 is 11.7. The standard InChI is InChI=1S/C20H20Cl2FN3O2/c21-15-4-1-3-14(11-15)20(28)26-8-2-7-25(9-10-26)13-19(27)24-16-5-6-18(23)17(22)12-16/h1,3-6,11-12H,2,7-10,13H2,(H,24,27). The molecule has 0 spiro atoms. The van der Waals surface area contributed by atoms with E-state index in [1.165, 1.54) is 18.2 Å². The molecule has 28 heavy (non-hydrogen) atoms. The lowest BCUT2D eigenvalue weighted by Crippen LogP contribution is -2.38. The highest BCUT2D eigenvalue weighted by Crippen LogP contribution is 2.19. The molecule has 1 heterocycles. The fourth-order valence-corrected chi connectivity index (χ4v) is 3.48. The summed E-state index contributed by atoms with van der Waals surface area (Å²) in [5, 5.41) is 3.21. The molecule has 0 aromatic heterocycles. The largest absolute Gasteiger partial charge is 0.337 e. The third-order valence-corrected chi connectivity index (χ3v) is 5.04. The first-order valence-electron chi connectivity index (χ1n) is 8.94. The van der Waals surface area contributed by atoms with Crippen molar-refractivity contribution in [3.05, 3.63) is 63.9 Å². The summed E-state index contributed by atoms with van der Waals surface area (Å²) in [6.45, 7) is 2.63. The Morgan fingerprint density at radius 1 is 1.04 bits per heavy atom. The van der Waals surface area contributed by atoms with Gasteiger partial charge in [0.1, 0.15) is 5.82 Å². The fraction of sp³-hybridized carbons (Fsp3) is 0.300. The van der Waals surface area contributed by atoms with Crippen LogP contribution in [0.25, 0.3) is 0 Å². The molecule has 8 heteroatoms. The van der Waals surface area contributed by atoms with Crippen LogP contribution in [-0.4, -0.2) is 54.3 Å². The molecule has 5 nitrogen and oxygen atoms in total. The number of carbonyl (C=O) groups is 2. The van der Waals surface area contributed by atoms with E-state index in [0.29, 0.717) is 42.5 Å². The van der Waals surface area contributed by atoms with Crippen molar-refractivity contribution in [2.45, 2.75) is 6.42 Å². The second-order valence-electron chi connectivity index (χ2n) is 6.61. The van der Waals surface area contributed by atoms with E-state index in [9.17, 15) is 14.0 Å². The van der Waals surface area contributed by atoms with Crippen LogP contribution in [0.2, 0.25) is 10.0 Å². The van der Waals surface area contributed by atoms with Gasteiger partial charge in [-0.05, 0) is 42.8 Å². The number of benzene rings is 2.